The van der Waals surface area contributed by atoms with Gasteiger partial charge in [0.25, 0.3) is 0 Å². The molecular formula is C23H36O6. The van der Waals surface area contributed by atoms with Crippen LogP contribution in [0.15, 0.2) is 23.8 Å². The summed E-state index contributed by atoms with van der Waals surface area (Å²) in [5.74, 6) is -0.366. The lowest BCUT2D eigenvalue weighted by Crippen LogP contribution is -2.42. The van der Waals surface area contributed by atoms with Crippen LogP contribution in [0, 0.1) is 17.3 Å². The fraction of sp³-hybridized carbons (Fsp3) is 0.739. The summed E-state index contributed by atoms with van der Waals surface area (Å²) < 4.78 is 16.3. The molecule has 0 spiro atoms. The average molecular weight is 409 g/mol. The monoisotopic (exact) mass is 408 g/mol. The van der Waals surface area contributed by atoms with Gasteiger partial charge in [0.2, 0.25) is 0 Å². The topological polar surface area (TPSA) is 82.1 Å². The van der Waals surface area contributed by atoms with Gasteiger partial charge in [-0.2, -0.15) is 0 Å². The van der Waals surface area contributed by atoms with Crippen molar-refractivity contribution in [3.8, 4) is 0 Å². The predicted molar refractivity (Wildman–Crippen MR) is 110 cm³/mol. The fourth-order valence-electron chi connectivity index (χ4n) is 3.88. The number of carbonyl (C=O) groups excluding carboxylic acids is 2. The molecule has 1 saturated heterocycles. The van der Waals surface area contributed by atoms with Gasteiger partial charge in [-0.1, -0.05) is 45.9 Å². The highest BCUT2D eigenvalue weighted by Crippen LogP contribution is 2.31. The van der Waals surface area contributed by atoms with Gasteiger partial charge in [-0.15, -0.1) is 0 Å². The number of Topliss-reactive ketones (excluding diaryl/α,β-unsaturated/α-hetero) is 1. The first-order valence-electron chi connectivity index (χ1n) is 10.7. The number of rotatable bonds is 2. The Morgan fingerprint density at radius 1 is 1.14 bits per heavy atom. The largest absolute Gasteiger partial charge is 0.465 e. The van der Waals surface area contributed by atoms with Crippen molar-refractivity contribution >= 4 is 11.8 Å². The van der Waals surface area contributed by atoms with Gasteiger partial charge >= 0.3 is 5.97 Å². The third-order valence-electron chi connectivity index (χ3n) is 5.78. The van der Waals surface area contributed by atoms with Crippen molar-refractivity contribution < 1.29 is 28.9 Å². The number of allylic oxidation sites excluding steroid dienone is 2. The molecule has 0 radical (unpaired) electrons. The minimum atomic E-state index is -1.06. The Hall–Kier alpha value is -1.50. The van der Waals surface area contributed by atoms with Gasteiger partial charge in [0, 0.05) is 18.8 Å². The van der Waals surface area contributed by atoms with E-state index in [2.05, 4.69) is 19.1 Å². The molecule has 0 bridgehead atoms. The van der Waals surface area contributed by atoms with Crippen LogP contribution < -0.4 is 0 Å². The molecule has 0 amide bonds. The van der Waals surface area contributed by atoms with Crippen molar-refractivity contribution in [2.24, 2.45) is 17.3 Å². The molecule has 2 aliphatic heterocycles. The summed E-state index contributed by atoms with van der Waals surface area (Å²) in [5, 5.41) is 10.5. The van der Waals surface area contributed by atoms with Crippen LogP contribution in [-0.4, -0.2) is 49.1 Å². The van der Waals surface area contributed by atoms with Gasteiger partial charge in [0.1, 0.15) is 5.78 Å². The Morgan fingerprint density at radius 2 is 1.83 bits per heavy atom. The number of ketones is 1. The van der Waals surface area contributed by atoms with E-state index in [1.165, 1.54) is 0 Å². The molecule has 0 aromatic carbocycles. The molecule has 0 aliphatic carbocycles. The molecule has 6 heteroatoms. The van der Waals surface area contributed by atoms with Gasteiger partial charge in [-0.05, 0) is 24.3 Å². The Balaban J connectivity index is 2.11. The Bertz CT molecular complexity index is 615. The van der Waals surface area contributed by atoms with E-state index in [1.54, 1.807) is 13.8 Å². The van der Waals surface area contributed by atoms with E-state index in [0.717, 1.165) is 18.4 Å². The lowest BCUT2D eigenvalue weighted by Gasteiger charge is -2.32. The van der Waals surface area contributed by atoms with Crippen molar-refractivity contribution in [1.29, 1.82) is 0 Å². The fourth-order valence-corrected chi connectivity index (χ4v) is 3.88. The lowest BCUT2D eigenvalue weighted by atomic mass is 9.74. The molecule has 2 rings (SSSR count). The average Bonchev–Trinajstić information content (AvgIpc) is 3.16. The number of hydrogen-bond acceptors (Lipinski definition) is 6. The van der Waals surface area contributed by atoms with E-state index in [0.29, 0.717) is 32.0 Å². The number of esters is 1. The smallest absolute Gasteiger partial charge is 0.308 e. The van der Waals surface area contributed by atoms with Crippen LogP contribution in [0.25, 0.3) is 0 Å². The van der Waals surface area contributed by atoms with E-state index in [4.69, 9.17) is 14.2 Å². The highest BCUT2D eigenvalue weighted by Gasteiger charge is 2.39. The third kappa shape index (κ3) is 7.36. The van der Waals surface area contributed by atoms with Crippen LogP contribution in [0.2, 0.25) is 0 Å². The lowest BCUT2D eigenvalue weighted by molar-refractivity contribution is -0.150. The van der Waals surface area contributed by atoms with E-state index < -0.39 is 17.5 Å². The van der Waals surface area contributed by atoms with Crippen molar-refractivity contribution in [3.05, 3.63) is 23.8 Å². The molecule has 3 atom stereocenters. The summed E-state index contributed by atoms with van der Waals surface area (Å²) in [6.07, 6.45) is 7.60. The first-order valence-corrected chi connectivity index (χ1v) is 10.7. The number of ether oxygens (including phenoxy) is 3. The molecule has 1 fully saturated rings. The Labute approximate surface area is 174 Å². The minimum absolute atomic E-state index is 0.0168. The molecule has 2 aliphatic rings. The van der Waals surface area contributed by atoms with Crippen LogP contribution in [0.3, 0.4) is 0 Å². The van der Waals surface area contributed by atoms with Gasteiger partial charge in [-0.25, -0.2) is 0 Å². The Kier molecular flexibility index (Phi) is 9.05. The quantitative estimate of drug-likeness (QED) is 0.704. The maximum absolute atomic E-state index is 12.9. The summed E-state index contributed by atoms with van der Waals surface area (Å²) in [4.78, 5) is 25.0. The zero-order valence-electron chi connectivity index (χ0n) is 18.2. The second-order valence-corrected chi connectivity index (χ2v) is 8.85. The second-order valence-electron chi connectivity index (χ2n) is 8.85. The molecule has 6 nitrogen and oxygen atoms in total. The minimum Gasteiger partial charge on any atom is -0.465 e. The summed E-state index contributed by atoms with van der Waals surface area (Å²) >= 11 is 0. The third-order valence-corrected chi connectivity index (χ3v) is 5.78. The molecule has 1 N–H and O–H groups in total. The summed E-state index contributed by atoms with van der Waals surface area (Å²) in [7, 11) is 0. The van der Waals surface area contributed by atoms with Gasteiger partial charge < -0.3 is 19.3 Å². The van der Waals surface area contributed by atoms with Crippen molar-refractivity contribution in [2.45, 2.75) is 72.2 Å². The zero-order chi connectivity index (χ0) is 21.4. The summed E-state index contributed by atoms with van der Waals surface area (Å²) in [5.41, 5.74) is 0.0944. The number of aliphatic hydroxyl groups excluding tert-OH is 1. The second kappa shape index (κ2) is 11.0. The van der Waals surface area contributed by atoms with Crippen molar-refractivity contribution in [1.82, 2.24) is 0 Å². The number of hydrogen-bond donors (Lipinski definition) is 1. The first-order chi connectivity index (χ1) is 13.7. The maximum Gasteiger partial charge on any atom is 0.308 e. The zero-order valence-corrected chi connectivity index (χ0v) is 18.2. The van der Waals surface area contributed by atoms with E-state index in [-0.39, 0.29) is 31.0 Å². The van der Waals surface area contributed by atoms with Crippen molar-refractivity contribution in [3.63, 3.8) is 0 Å². The number of cyclic esters (lactones) is 1. The van der Waals surface area contributed by atoms with Crippen molar-refractivity contribution in [2.75, 3.05) is 19.8 Å². The van der Waals surface area contributed by atoms with E-state index >= 15 is 0 Å². The molecular weight excluding hydrogens is 372 g/mol. The van der Waals surface area contributed by atoms with Gasteiger partial charge in [0.05, 0.1) is 37.8 Å². The highest BCUT2D eigenvalue weighted by atomic mass is 16.7. The van der Waals surface area contributed by atoms with Gasteiger partial charge in [-0.3, -0.25) is 9.59 Å². The summed E-state index contributed by atoms with van der Waals surface area (Å²) in [6, 6.07) is 0. The molecule has 2 heterocycles. The van der Waals surface area contributed by atoms with Crippen LogP contribution in [0.5, 0.6) is 0 Å². The Morgan fingerprint density at radius 3 is 2.52 bits per heavy atom. The summed E-state index contributed by atoms with van der Waals surface area (Å²) in [6.45, 7) is 8.90. The SMILES string of the molecule is C[C@H]1C/C=C/C(CC2OCCO2)=C\CCOC(=O)CC(O)C(C)(C)C(=O)[C@H](C)C1. The van der Waals surface area contributed by atoms with Crippen LogP contribution >= 0.6 is 0 Å². The molecule has 1 unspecified atom stereocenters. The molecule has 0 aromatic heterocycles. The standard InChI is InChI=1S/C23H36O6/c1-16-7-5-8-18(14-21-28-11-12-29-21)9-6-10-27-20(25)15-19(24)23(3,4)22(26)17(2)13-16/h5,8-9,16-17,19,21,24H,6-7,10-15H2,1-4H3/b8-5+,18-9+/t16-,17+,19?/m0/s1. The normalized spacial score (nSPS) is 33.7. The molecule has 0 aromatic rings. The number of aliphatic hydroxyl groups is 1. The van der Waals surface area contributed by atoms with E-state index in [1.807, 2.05) is 13.0 Å². The van der Waals surface area contributed by atoms with Crippen LogP contribution in [0.4, 0.5) is 0 Å². The van der Waals surface area contributed by atoms with Gasteiger partial charge in [0.15, 0.2) is 6.29 Å². The first kappa shape index (κ1) is 23.8. The highest BCUT2D eigenvalue weighted by molar-refractivity contribution is 5.87. The molecule has 0 saturated carbocycles. The van der Waals surface area contributed by atoms with Crippen LogP contribution in [-0.2, 0) is 23.8 Å². The van der Waals surface area contributed by atoms with Crippen LogP contribution in [0.1, 0.15) is 59.8 Å². The maximum atomic E-state index is 12.9. The molecule has 164 valence electrons. The number of carbonyl (C=O) groups is 2. The molecule has 29 heavy (non-hydrogen) atoms. The van der Waals surface area contributed by atoms with E-state index in [9.17, 15) is 14.7 Å². The predicted octanol–water partition coefficient (Wildman–Crippen LogP) is 3.58.